The van der Waals surface area contributed by atoms with E-state index in [0.717, 1.165) is 0 Å². The maximum Gasteiger partial charge on any atom is 0.600 e. The van der Waals surface area contributed by atoms with Gasteiger partial charge in [0.1, 0.15) is 49.1 Å². The van der Waals surface area contributed by atoms with Crippen molar-refractivity contribution in [3.63, 3.8) is 0 Å². The van der Waals surface area contributed by atoms with E-state index in [-0.39, 0.29) is 69.0 Å². The molecule has 0 atom stereocenters. The molecule has 0 amide bonds. The fraction of sp³-hybridized carbons (Fsp3) is 0. The van der Waals surface area contributed by atoms with Crippen molar-refractivity contribution in [1.82, 2.24) is 14.6 Å². The van der Waals surface area contributed by atoms with E-state index in [2.05, 4.69) is 14.6 Å². The molecule has 7 rings (SSSR count). The van der Waals surface area contributed by atoms with Gasteiger partial charge in [-0.2, -0.15) is 0 Å². The first-order valence-corrected chi connectivity index (χ1v) is 20.8. The third kappa shape index (κ3) is 8.99. The Morgan fingerprint density at radius 1 is 0.241 bits per heavy atom. The molecular formula is C36H33N3O12P3+3. The zero-order valence-electron chi connectivity index (χ0n) is 27.8. The Kier molecular flexibility index (Phi) is 10.3. The number of benzene rings is 6. The van der Waals surface area contributed by atoms with E-state index in [1.165, 1.54) is 146 Å². The van der Waals surface area contributed by atoms with Crippen LogP contribution >= 0.6 is 24.1 Å². The lowest BCUT2D eigenvalue weighted by Crippen LogP contribution is -2.52. The molecule has 0 aromatic heterocycles. The van der Waals surface area contributed by atoms with Crippen molar-refractivity contribution in [2.24, 2.45) is 0 Å². The first-order chi connectivity index (χ1) is 26.0. The van der Waals surface area contributed by atoms with Crippen molar-refractivity contribution >= 4 is 24.1 Å². The second-order valence-electron chi connectivity index (χ2n) is 11.5. The summed E-state index contributed by atoms with van der Waals surface area (Å²) in [5, 5.41) is 60.6. The number of phenolic OH excluding ortho intramolecular Hbond substituents is 6. The summed E-state index contributed by atoms with van der Waals surface area (Å²) in [6.45, 7) is 0. The minimum Gasteiger partial charge on any atom is -0.508 e. The molecule has 0 saturated carbocycles. The van der Waals surface area contributed by atoms with Gasteiger partial charge in [-0.1, -0.05) is 0 Å². The van der Waals surface area contributed by atoms with Crippen molar-refractivity contribution < 1.29 is 57.8 Å². The van der Waals surface area contributed by atoms with E-state index >= 15 is 0 Å². The summed E-state index contributed by atoms with van der Waals surface area (Å²) in [4.78, 5) is 9.98. The van der Waals surface area contributed by atoms with Gasteiger partial charge in [0.05, 0.1) is 0 Å². The molecule has 1 heterocycles. The molecule has 0 unspecified atom stereocenters. The number of hydrogen-bond acceptors (Lipinski definition) is 15. The van der Waals surface area contributed by atoms with Crippen molar-refractivity contribution in [2.75, 3.05) is 0 Å². The molecule has 15 nitrogen and oxygen atoms in total. The van der Waals surface area contributed by atoms with Gasteiger partial charge in [0.25, 0.3) is 0 Å². The van der Waals surface area contributed by atoms with E-state index in [0.29, 0.717) is 0 Å². The van der Waals surface area contributed by atoms with Gasteiger partial charge in [-0.25, -0.2) is 0 Å². The maximum absolute atomic E-state index is 10.1. The maximum atomic E-state index is 10.1. The monoisotopic (exact) mass is 792 g/mol. The minimum absolute atomic E-state index is 0.0261. The van der Waals surface area contributed by atoms with Gasteiger partial charge in [-0.05, 0) is 146 Å². The molecule has 6 aromatic carbocycles. The highest BCUT2D eigenvalue weighted by Crippen LogP contribution is 2.80. The molecule has 1 saturated heterocycles. The van der Waals surface area contributed by atoms with Gasteiger partial charge in [0.15, 0.2) is 34.5 Å². The quantitative estimate of drug-likeness (QED) is 0.0532. The van der Waals surface area contributed by atoms with Crippen LogP contribution in [0, 0.1) is 0 Å². The minimum atomic E-state index is -4.02. The van der Waals surface area contributed by atoms with E-state index < -0.39 is 24.1 Å². The molecule has 1 aliphatic heterocycles. The zero-order valence-corrected chi connectivity index (χ0v) is 30.5. The van der Waals surface area contributed by atoms with Crippen molar-refractivity contribution in [3.8, 4) is 69.0 Å². The van der Waals surface area contributed by atoms with Gasteiger partial charge in [-0.15, -0.1) is 0 Å². The Morgan fingerprint density at radius 3 is 0.500 bits per heavy atom. The van der Waals surface area contributed by atoms with E-state index in [4.69, 9.17) is 27.1 Å². The Bertz CT molecular complexity index is 1760. The van der Waals surface area contributed by atoms with E-state index in [1.54, 1.807) is 0 Å². The van der Waals surface area contributed by atoms with Crippen LogP contribution in [0.3, 0.4) is 0 Å². The lowest BCUT2D eigenvalue weighted by molar-refractivity contribution is 0.383. The standard InChI is InChI=1S/C36H30N3O12P3/c40-25-1-13-31(14-2-25)46-52(47-32-15-3-26(41)4-16-32)37-53(48-33-17-5-27(42)6-18-33,49-34-19-7-28(43)8-20-34)39-54(38-52,50-35-21-9-29(44)10-22-35)51-36-23-11-30(45)12-24-36/h1-24,37-39H,(H3-3,40,41,42,43,44,45)/p+3. The highest BCUT2D eigenvalue weighted by Gasteiger charge is 2.84. The molecule has 54 heavy (non-hydrogen) atoms. The molecule has 18 heteroatoms. The van der Waals surface area contributed by atoms with Crippen LogP contribution in [0.4, 0.5) is 0 Å². The molecule has 0 aliphatic carbocycles. The fourth-order valence-electron chi connectivity index (χ4n) is 4.82. The third-order valence-electron chi connectivity index (χ3n) is 7.21. The Labute approximate surface area is 310 Å². The first kappa shape index (κ1) is 36.4. The summed E-state index contributed by atoms with van der Waals surface area (Å²) in [6.07, 6.45) is 0. The summed E-state index contributed by atoms with van der Waals surface area (Å²) < 4.78 is 40.2. The number of hydrogen-bond donors (Lipinski definition) is 9. The summed E-state index contributed by atoms with van der Waals surface area (Å²) in [6, 6.07) is 35.1. The molecule has 1 aliphatic rings. The van der Waals surface area contributed by atoms with Crippen LogP contribution in [0.2, 0.25) is 0 Å². The molecule has 0 bridgehead atoms. The highest BCUT2D eigenvalue weighted by atomic mass is 31.3. The van der Waals surface area contributed by atoms with E-state index in [1.807, 2.05) is 0 Å². The summed E-state index contributed by atoms with van der Waals surface area (Å²) >= 11 is 0. The summed E-state index contributed by atoms with van der Waals surface area (Å²) in [7, 11) is -12.1. The molecule has 276 valence electrons. The molecule has 0 radical (unpaired) electrons. The van der Waals surface area contributed by atoms with Gasteiger partial charge in [0, 0.05) is 0 Å². The first-order valence-electron chi connectivity index (χ1n) is 15.9. The van der Waals surface area contributed by atoms with E-state index in [9.17, 15) is 30.6 Å². The van der Waals surface area contributed by atoms with Gasteiger partial charge in [-0.3, -0.25) is 27.1 Å². The third-order valence-corrected chi connectivity index (χ3v) is 16.3. The average molecular weight is 793 g/mol. The van der Waals surface area contributed by atoms with Crippen LogP contribution in [0.1, 0.15) is 0 Å². The van der Waals surface area contributed by atoms with Crippen LogP contribution in [-0.4, -0.2) is 30.6 Å². The number of nitrogens with one attached hydrogen (secondary N) is 3. The Morgan fingerprint density at radius 2 is 0.370 bits per heavy atom. The Hall–Kier alpha value is -5.91. The number of phenols is 6. The number of rotatable bonds is 12. The Balaban J connectivity index is 1.46. The predicted octanol–water partition coefficient (Wildman–Crippen LogP) is 8.51. The van der Waals surface area contributed by atoms with Crippen LogP contribution in [0.5, 0.6) is 69.0 Å². The molecule has 9 N–H and O–H groups in total. The molecule has 0 spiro atoms. The second-order valence-corrected chi connectivity index (χ2v) is 18.3. The van der Waals surface area contributed by atoms with Crippen molar-refractivity contribution in [2.45, 2.75) is 0 Å². The molecule has 6 aromatic rings. The molecular weight excluding hydrogens is 759 g/mol. The van der Waals surface area contributed by atoms with Crippen LogP contribution < -0.4 is 41.7 Å². The average Bonchev–Trinajstić information content (AvgIpc) is 3.14. The predicted molar refractivity (Wildman–Crippen MR) is 203 cm³/mol. The largest absolute Gasteiger partial charge is 0.600 e. The smallest absolute Gasteiger partial charge is 0.508 e. The van der Waals surface area contributed by atoms with Gasteiger partial charge < -0.3 is 30.6 Å². The lowest BCUT2D eigenvalue weighted by atomic mass is 10.3. The zero-order chi connectivity index (χ0) is 37.8. The van der Waals surface area contributed by atoms with Gasteiger partial charge in [0.2, 0.25) is 0 Å². The van der Waals surface area contributed by atoms with Crippen LogP contribution in [-0.2, 0) is 0 Å². The summed E-state index contributed by atoms with van der Waals surface area (Å²) in [5.41, 5.74) is 0. The SMILES string of the molecule is Oc1ccc(O[P+]2(Oc3ccc(O)cc3)N[P+](Oc3ccc(O)cc3)(Oc3ccc(O)cc3)N[P+](Oc3ccc(O)cc3)(Oc3ccc(O)cc3)N2)cc1. The normalized spacial score (nSPS) is 15.3. The summed E-state index contributed by atoms with van der Waals surface area (Å²) in [5.74, 6) is 1.10. The van der Waals surface area contributed by atoms with Crippen LogP contribution in [0.15, 0.2) is 146 Å². The van der Waals surface area contributed by atoms with Crippen LogP contribution in [0.25, 0.3) is 0 Å². The second kappa shape index (κ2) is 15.2. The van der Waals surface area contributed by atoms with Crippen molar-refractivity contribution in [3.05, 3.63) is 146 Å². The van der Waals surface area contributed by atoms with Crippen molar-refractivity contribution in [1.29, 1.82) is 0 Å². The van der Waals surface area contributed by atoms with Gasteiger partial charge >= 0.3 is 24.1 Å². The fourth-order valence-corrected chi connectivity index (χ4v) is 15.3. The number of aromatic hydroxyl groups is 6. The lowest BCUT2D eigenvalue weighted by Gasteiger charge is -2.34. The molecule has 1 fully saturated rings. The topological polar surface area (TPSA) is 213 Å². The highest BCUT2D eigenvalue weighted by molar-refractivity contribution is 7.93.